The Morgan fingerprint density at radius 3 is 1.83 bits per heavy atom. The van der Waals surface area contributed by atoms with Crippen LogP contribution in [0.4, 0.5) is 17.1 Å². The number of amides is 1. The lowest BCUT2D eigenvalue weighted by molar-refractivity contribution is 0.0955. The lowest BCUT2D eigenvalue weighted by Gasteiger charge is -2.25. The van der Waals surface area contributed by atoms with Crippen LogP contribution in [0.2, 0.25) is 0 Å². The Bertz CT molecular complexity index is 1070. The van der Waals surface area contributed by atoms with Crippen molar-refractivity contribution in [3.05, 3.63) is 121 Å². The molecule has 0 saturated heterocycles. The summed E-state index contributed by atoms with van der Waals surface area (Å²) in [6.07, 6.45) is 4.77. The number of para-hydroxylation sites is 2. The molecule has 5 nitrogen and oxygen atoms in total. The van der Waals surface area contributed by atoms with Crippen molar-refractivity contribution in [3.8, 4) is 0 Å². The standard InChI is InChI=1S/C25H20N4O/c30-25(21-15-17-26-18-16-21)28-27-19-20-11-13-24(14-12-20)29(22-7-3-1-4-8-22)23-9-5-2-6-10-23/h1-19H,(H,28,30)/b27-19+. The second-order valence-electron chi connectivity index (χ2n) is 6.53. The van der Waals surface area contributed by atoms with Crippen LogP contribution in [0.1, 0.15) is 15.9 Å². The molecule has 30 heavy (non-hydrogen) atoms. The normalized spacial score (nSPS) is 10.7. The molecular formula is C25H20N4O. The second-order valence-corrected chi connectivity index (χ2v) is 6.53. The molecule has 5 heteroatoms. The van der Waals surface area contributed by atoms with E-state index in [9.17, 15) is 4.79 Å². The first-order valence-electron chi connectivity index (χ1n) is 9.55. The fraction of sp³-hybridized carbons (Fsp3) is 0. The maximum Gasteiger partial charge on any atom is 0.271 e. The van der Waals surface area contributed by atoms with Gasteiger partial charge in [0.05, 0.1) is 6.21 Å². The van der Waals surface area contributed by atoms with E-state index in [1.54, 1.807) is 30.7 Å². The smallest absolute Gasteiger partial charge is 0.271 e. The number of hydrogen-bond donors (Lipinski definition) is 1. The van der Waals surface area contributed by atoms with E-state index in [1.807, 2.05) is 60.7 Å². The van der Waals surface area contributed by atoms with Gasteiger partial charge in [-0.2, -0.15) is 5.10 Å². The summed E-state index contributed by atoms with van der Waals surface area (Å²) in [5.41, 5.74) is 7.12. The van der Waals surface area contributed by atoms with Crippen LogP contribution in [-0.2, 0) is 0 Å². The molecule has 0 radical (unpaired) electrons. The first-order chi connectivity index (χ1) is 14.8. The van der Waals surface area contributed by atoms with Crippen LogP contribution in [-0.4, -0.2) is 17.1 Å². The van der Waals surface area contributed by atoms with Crippen LogP contribution >= 0.6 is 0 Å². The molecule has 0 aliphatic carbocycles. The van der Waals surface area contributed by atoms with Gasteiger partial charge in [-0.25, -0.2) is 5.43 Å². The molecule has 3 aromatic carbocycles. The van der Waals surface area contributed by atoms with Crippen molar-refractivity contribution in [1.82, 2.24) is 10.4 Å². The molecule has 1 heterocycles. The minimum Gasteiger partial charge on any atom is -0.311 e. The molecule has 0 aliphatic heterocycles. The monoisotopic (exact) mass is 392 g/mol. The highest BCUT2D eigenvalue weighted by atomic mass is 16.2. The predicted octanol–water partition coefficient (Wildman–Crippen LogP) is 5.32. The van der Waals surface area contributed by atoms with Gasteiger partial charge in [-0.3, -0.25) is 9.78 Å². The Morgan fingerprint density at radius 1 is 0.733 bits per heavy atom. The molecule has 0 unspecified atom stereocenters. The number of benzene rings is 3. The number of hydrazone groups is 1. The molecule has 0 bridgehead atoms. The lowest BCUT2D eigenvalue weighted by Crippen LogP contribution is -2.17. The molecule has 0 aliphatic rings. The van der Waals surface area contributed by atoms with E-state index in [1.165, 1.54) is 0 Å². The summed E-state index contributed by atoms with van der Waals surface area (Å²) < 4.78 is 0. The summed E-state index contributed by atoms with van der Waals surface area (Å²) in [7, 11) is 0. The Labute approximate surface area is 175 Å². The molecule has 0 fully saturated rings. The maximum absolute atomic E-state index is 12.0. The number of hydrogen-bond acceptors (Lipinski definition) is 4. The van der Waals surface area contributed by atoms with E-state index in [2.05, 4.69) is 44.7 Å². The number of nitrogens with zero attached hydrogens (tertiary/aromatic N) is 3. The van der Waals surface area contributed by atoms with Gasteiger partial charge < -0.3 is 4.90 Å². The molecule has 4 rings (SSSR count). The first-order valence-corrected chi connectivity index (χ1v) is 9.55. The van der Waals surface area contributed by atoms with E-state index >= 15 is 0 Å². The highest BCUT2D eigenvalue weighted by molar-refractivity contribution is 5.94. The van der Waals surface area contributed by atoms with Gasteiger partial charge in [-0.05, 0) is 54.1 Å². The van der Waals surface area contributed by atoms with E-state index in [0.29, 0.717) is 5.56 Å². The number of rotatable bonds is 6. The van der Waals surface area contributed by atoms with Crippen LogP contribution in [0.5, 0.6) is 0 Å². The molecule has 0 spiro atoms. The third-order valence-corrected chi connectivity index (χ3v) is 4.50. The molecule has 0 saturated carbocycles. The molecule has 1 aromatic heterocycles. The van der Waals surface area contributed by atoms with Crippen molar-refractivity contribution < 1.29 is 4.79 Å². The SMILES string of the molecule is O=C(N/N=C/c1ccc(N(c2ccccc2)c2ccccc2)cc1)c1ccncc1. The van der Waals surface area contributed by atoms with Gasteiger partial charge >= 0.3 is 0 Å². The number of carbonyl (C=O) groups excluding carboxylic acids is 1. The average molecular weight is 392 g/mol. The van der Waals surface area contributed by atoms with Crippen molar-refractivity contribution >= 4 is 29.2 Å². The topological polar surface area (TPSA) is 57.6 Å². The highest BCUT2D eigenvalue weighted by Crippen LogP contribution is 2.33. The fourth-order valence-electron chi connectivity index (χ4n) is 3.04. The van der Waals surface area contributed by atoms with Crippen molar-refractivity contribution in [1.29, 1.82) is 0 Å². The van der Waals surface area contributed by atoms with Gasteiger partial charge in [0.1, 0.15) is 0 Å². The minimum atomic E-state index is -0.274. The quantitative estimate of drug-likeness (QED) is 0.357. The van der Waals surface area contributed by atoms with E-state index < -0.39 is 0 Å². The van der Waals surface area contributed by atoms with Crippen LogP contribution in [0.25, 0.3) is 0 Å². The van der Waals surface area contributed by atoms with Gasteiger partial charge in [-0.15, -0.1) is 0 Å². The third kappa shape index (κ3) is 4.59. The fourth-order valence-corrected chi connectivity index (χ4v) is 3.04. The van der Waals surface area contributed by atoms with Gasteiger partial charge in [-0.1, -0.05) is 48.5 Å². The van der Waals surface area contributed by atoms with Crippen LogP contribution in [0.3, 0.4) is 0 Å². The Balaban J connectivity index is 1.52. The van der Waals surface area contributed by atoms with Crippen molar-refractivity contribution in [2.24, 2.45) is 5.10 Å². The molecular weight excluding hydrogens is 372 g/mol. The zero-order chi connectivity index (χ0) is 20.6. The minimum absolute atomic E-state index is 0.274. The van der Waals surface area contributed by atoms with Crippen LogP contribution < -0.4 is 10.3 Å². The number of anilines is 3. The number of nitrogens with one attached hydrogen (secondary N) is 1. The summed E-state index contributed by atoms with van der Waals surface area (Å²) in [5, 5.41) is 4.05. The van der Waals surface area contributed by atoms with Crippen molar-refractivity contribution in [2.75, 3.05) is 4.90 Å². The Hall–Kier alpha value is -4.25. The molecule has 4 aromatic rings. The molecule has 0 atom stereocenters. The Kier molecular flexibility index (Phi) is 5.91. The van der Waals surface area contributed by atoms with Gasteiger partial charge in [0.25, 0.3) is 5.91 Å². The zero-order valence-electron chi connectivity index (χ0n) is 16.2. The third-order valence-electron chi connectivity index (χ3n) is 4.50. The van der Waals surface area contributed by atoms with E-state index in [-0.39, 0.29) is 5.91 Å². The van der Waals surface area contributed by atoms with Crippen molar-refractivity contribution in [2.45, 2.75) is 0 Å². The average Bonchev–Trinajstić information content (AvgIpc) is 2.82. The van der Waals surface area contributed by atoms with Crippen molar-refractivity contribution in [3.63, 3.8) is 0 Å². The van der Waals surface area contributed by atoms with E-state index in [4.69, 9.17) is 0 Å². The summed E-state index contributed by atoms with van der Waals surface area (Å²) in [4.78, 5) is 18.1. The van der Waals surface area contributed by atoms with E-state index in [0.717, 1.165) is 22.6 Å². The van der Waals surface area contributed by atoms with Gasteiger partial charge in [0, 0.05) is 35.0 Å². The molecule has 1 N–H and O–H groups in total. The van der Waals surface area contributed by atoms with Gasteiger partial charge in [0.2, 0.25) is 0 Å². The van der Waals surface area contributed by atoms with Crippen LogP contribution in [0, 0.1) is 0 Å². The molecule has 146 valence electrons. The summed E-state index contributed by atoms with van der Waals surface area (Å²) >= 11 is 0. The zero-order valence-corrected chi connectivity index (χ0v) is 16.2. The summed E-state index contributed by atoms with van der Waals surface area (Å²) in [5.74, 6) is -0.274. The first kappa shape index (κ1) is 19.1. The maximum atomic E-state index is 12.0. The summed E-state index contributed by atoms with van der Waals surface area (Å²) in [6, 6.07) is 31.7. The lowest BCUT2D eigenvalue weighted by atomic mass is 10.1. The van der Waals surface area contributed by atoms with Crippen LogP contribution in [0.15, 0.2) is 115 Å². The Morgan fingerprint density at radius 2 is 1.27 bits per heavy atom. The number of carbonyl (C=O) groups is 1. The largest absolute Gasteiger partial charge is 0.311 e. The highest BCUT2D eigenvalue weighted by Gasteiger charge is 2.11. The number of pyridine rings is 1. The summed E-state index contributed by atoms with van der Waals surface area (Å²) in [6.45, 7) is 0. The predicted molar refractivity (Wildman–Crippen MR) is 120 cm³/mol. The van der Waals surface area contributed by atoms with Gasteiger partial charge in [0.15, 0.2) is 0 Å². The second kappa shape index (κ2) is 9.30. The number of aromatic nitrogens is 1. The molecule has 1 amide bonds.